The van der Waals surface area contributed by atoms with E-state index in [9.17, 15) is 0 Å². The molecule has 0 N–H and O–H groups in total. The molecule has 0 aliphatic heterocycles. The summed E-state index contributed by atoms with van der Waals surface area (Å²) in [7, 11) is 0. The Bertz CT molecular complexity index is 1900. The van der Waals surface area contributed by atoms with Crippen molar-refractivity contribution >= 4 is 24.8 Å². The maximum atomic E-state index is 3.46. The van der Waals surface area contributed by atoms with Crippen LogP contribution in [-0.4, -0.2) is 3.21 Å². The van der Waals surface area contributed by atoms with Crippen LogP contribution in [0.15, 0.2) is 121 Å². The molecule has 0 spiro atoms. The molecule has 1 unspecified atom stereocenters. The quantitative estimate of drug-likeness (QED) is 0.161. The number of rotatable bonds is 3. The molecule has 10 rings (SSSR count). The summed E-state index contributed by atoms with van der Waals surface area (Å²) in [5.41, 5.74) is 7.53. The van der Waals surface area contributed by atoms with E-state index in [0.717, 1.165) is 29.6 Å². The summed E-state index contributed by atoms with van der Waals surface area (Å²) >= 11 is 1.46. The summed E-state index contributed by atoms with van der Waals surface area (Å²) in [6, 6.07) is 37.3. The molecule has 0 saturated heterocycles. The first kappa shape index (κ1) is 36.3. The summed E-state index contributed by atoms with van der Waals surface area (Å²) in [6.45, 7) is 15.9. The molecule has 4 fully saturated rings. The second kappa shape index (κ2) is 14.8. The van der Waals surface area contributed by atoms with Gasteiger partial charge in [-0.1, -0.05) is 95.7 Å². The molecule has 0 radical (unpaired) electrons. The Morgan fingerprint density at radius 1 is 0.627 bits per heavy atom. The van der Waals surface area contributed by atoms with Crippen LogP contribution in [0.2, 0.25) is 0 Å². The number of benzene rings is 4. The Balaban J connectivity index is 0.000000122. The molecule has 5 aliphatic rings. The van der Waals surface area contributed by atoms with Crippen molar-refractivity contribution in [3.8, 4) is 0 Å². The molecule has 4 saturated carbocycles. The van der Waals surface area contributed by atoms with Crippen LogP contribution in [0.4, 0.5) is 0 Å². The molecule has 0 aromatic heterocycles. The van der Waals surface area contributed by atoms with Crippen molar-refractivity contribution < 1.29 is 24.2 Å². The van der Waals surface area contributed by atoms with Crippen molar-refractivity contribution in [3.63, 3.8) is 0 Å². The zero-order chi connectivity index (χ0) is 35.9. The van der Waals surface area contributed by atoms with Gasteiger partial charge in [0.25, 0.3) is 0 Å². The van der Waals surface area contributed by atoms with Crippen molar-refractivity contribution in [3.05, 3.63) is 149 Å². The molecule has 0 heterocycles. The predicted molar refractivity (Wildman–Crippen MR) is 216 cm³/mol. The Morgan fingerprint density at radius 3 is 1.47 bits per heavy atom. The third-order valence-corrected chi connectivity index (χ3v) is 13.5. The van der Waals surface area contributed by atoms with Crippen molar-refractivity contribution in [1.82, 2.24) is 0 Å². The summed E-state index contributed by atoms with van der Waals surface area (Å²) < 4.78 is 1.42. The van der Waals surface area contributed by atoms with Gasteiger partial charge in [-0.2, -0.15) is 11.6 Å². The van der Waals surface area contributed by atoms with Gasteiger partial charge in [0.1, 0.15) is 0 Å². The number of allylic oxidation sites excluding steroid dienone is 4. The zero-order valence-electron chi connectivity index (χ0n) is 32.0. The average molecular weight is 748 g/mol. The molecule has 1 heteroatoms. The monoisotopic (exact) mass is 746 g/mol. The van der Waals surface area contributed by atoms with E-state index in [2.05, 4.69) is 170 Å². The van der Waals surface area contributed by atoms with E-state index < -0.39 is 0 Å². The van der Waals surface area contributed by atoms with Crippen molar-refractivity contribution in [2.24, 2.45) is 35.5 Å². The van der Waals surface area contributed by atoms with Crippen molar-refractivity contribution in [1.29, 1.82) is 0 Å². The number of fused-ring (bicyclic) bond motifs is 3. The molecule has 5 aliphatic carbocycles. The molecule has 260 valence electrons. The van der Waals surface area contributed by atoms with Gasteiger partial charge in [0.2, 0.25) is 0 Å². The van der Waals surface area contributed by atoms with E-state index in [-0.39, 0.29) is 10.8 Å². The van der Waals surface area contributed by atoms with Gasteiger partial charge in [-0.15, -0.1) is 39.7 Å². The first-order valence-corrected chi connectivity index (χ1v) is 20.7. The summed E-state index contributed by atoms with van der Waals surface area (Å²) in [6.07, 6.45) is 16.0. The van der Waals surface area contributed by atoms with E-state index in [1.165, 1.54) is 96.9 Å². The molecular weight excluding hydrogens is 692 g/mol. The van der Waals surface area contributed by atoms with Crippen LogP contribution in [0.5, 0.6) is 0 Å². The molecular formula is C50H56Zr. The molecule has 5 aromatic carbocycles. The van der Waals surface area contributed by atoms with Gasteiger partial charge in [-0.3, -0.25) is 6.08 Å². The number of hydrogen-bond donors (Lipinski definition) is 0. The summed E-state index contributed by atoms with van der Waals surface area (Å²) in [4.78, 5) is 0. The minimum absolute atomic E-state index is 0.203. The predicted octanol–water partition coefficient (Wildman–Crippen LogP) is 13.1. The molecule has 0 nitrogen and oxygen atoms in total. The zero-order valence-corrected chi connectivity index (χ0v) is 34.4. The molecule has 5 aromatic rings. The van der Waals surface area contributed by atoms with Crippen LogP contribution in [-0.2, 0) is 35.1 Å². The van der Waals surface area contributed by atoms with E-state index in [1.54, 1.807) is 12.0 Å². The Hall–Kier alpha value is -3.02. The van der Waals surface area contributed by atoms with Gasteiger partial charge >= 0.3 is 99.2 Å². The Kier molecular flexibility index (Phi) is 10.5. The van der Waals surface area contributed by atoms with E-state index in [0.29, 0.717) is 5.92 Å². The fourth-order valence-electron chi connectivity index (χ4n) is 9.62. The van der Waals surface area contributed by atoms with Gasteiger partial charge < -0.3 is 0 Å². The maximum absolute atomic E-state index is 3.46. The second-order valence-corrected chi connectivity index (χ2v) is 19.3. The van der Waals surface area contributed by atoms with E-state index in [4.69, 9.17) is 0 Å². The molecule has 0 amide bonds. The third kappa shape index (κ3) is 8.15. The van der Waals surface area contributed by atoms with Gasteiger partial charge in [0, 0.05) is 0 Å². The Morgan fingerprint density at radius 2 is 1.08 bits per heavy atom. The fourth-order valence-corrected chi connectivity index (χ4v) is 10.4. The van der Waals surface area contributed by atoms with Crippen LogP contribution in [0, 0.1) is 41.6 Å². The van der Waals surface area contributed by atoms with Crippen LogP contribution in [0.1, 0.15) is 103 Å². The van der Waals surface area contributed by atoms with Crippen molar-refractivity contribution in [2.45, 2.75) is 91.4 Å². The Labute approximate surface area is 323 Å². The number of hydrogen-bond acceptors (Lipinski definition) is 0. The SMILES string of the molecule is CC(C)(C)c1ccc2c(c1)[cH-]c1cc(C(C)(C)C)ccc12.CC1[C-]=CC(C2C3CC4CC(C3)CC2C4)=C1.[Zr+2]=[C](c1ccccc1)c1ccccc1. The van der Waals surface area contributed by atoms with E-state index >= 15 is 0 Å². The fraction of sp³-hybridized carbons (Fsp3) is 0.400. The minimum atomic E-state index is 0.203. The topological polar surface area (TPSA) is 0 Å². The first-order chi connectivity index (χ1) is 24.3. The molecule has 51 heavy (non-hydrogen) atoms. The van der Waals surface area contributed by atoms with Gasteiger partial charge in [0.05, 0.1) is 0 Å². The van der Waals surface area contributed by atoms with Crippen LogP contribution in [0.3, 0.4) is 0 Å². The molecule has 4 bridgehead atoms. The first-order valence-electron chi connectivity index (χ1n) is 19.5. The van der Waals surface area contributed by atoms with Crippen LogP contribution in [0.25, 0.3) is 21.5 Å². The third-order valence-electron chi connectivity index (χ3n) is 12.1. The second-order valence-electron chi connectivity index (χ2n) is 18.1. The van der Waals surface area contributed by atoms with Crippen LogP contribution < -0.4 is 0 Å². The van der Waals surface area contributed by atoms with E-state index in [1.807, 2.05) is 0 Å². The summed E-state index contributed by atoms with van der Waals surface area (Å²) in [5, 5.41) is 5.48. The normalized spacial score (nSPS) is 24.9. The van der Waals surface area contributed by atoms with Gasteiger partial charge in [-0.05, 0) is 66.6 Å². The van der Waals surface area contributed by atoms with Crippen LogP contribution >= 0.6 is 0 Å². The molecule has 1 atom stereocenters. The standard InChI is InChI=1S/C21H25.C16H21.C13H10.Zr/c1-20(2,3)16-7-9-18-14(12-16)11-15-13-17(21(4,5)6)8-10-19(15)18;1-10-2-3-13(4-10)16-14-6-11-5-12(8-14)9-15(16)7-11;1-3-7-12(8-4-1)11-13-9-5-2-6-10-13;/h7-13H,1-6H3;3-4,10-12,14-16H,5-9H2,1H3;1-10H;/q2*-1;;+2. The van der Waals surface area contributed by atoms with Crippen molar-refractivity contribution in [2.75, 3.05) is 0 Å². The summed E-state index contributed by atoms with van der Waals surface area (Å²) in [5.74, 6) is 5.77. The van der Waals surface area contributed by atoms with Gasteiger partial charge in [-0.25, -0.2) is 6.08 Å². The average Bonchev–Trinajstić information content (AvgIpc) is 3.70. The van der Waals surface area contributed by atoms with Gasteiger partial charge in [0.15, 0.2) is 0 Å².